The number of nitrogens with one attached hydrogen (secondary N) is 2. The molecule has 0 spiro atoms. The maximum absolute atomic E-state index is 11.4. The smallest absolute Gasteiger partial charge is 0.250 e. The van der Waals surface area contributed by atoms with Crippen molar-refractivity contribution in [3.05, 3.63) is 47.9 Å². The Balaban J connectivity index is 1.88. The summed E-state index contributed by atoms with van der Waals surface area (Å²) in [7, 11) is 1.49. The predicted octanol–water partition coefficient (Wildman–Crippen LogP) is 2.79. The Bertz CT molecular complexity index is 561. The Kier molecular flexibility index (Phi) is 4.79. The minimum Gasteiger partial charge on any atom is -0.467 e. The van der Waals surface area contributed by atoms with Gasteiger partial charge < -0.3 is 19.8 Å². The highest BCUT2D eigenvalue weighted by atomic mass is 16.5. The van der Waals surface area contributed by atoms with Crippen LogP contribution in [0.15, 0.2) is 41.0 Å². The van der Waals surface area contributed by atoms with Gasteiger partial charge in [-0.3, -0.25) is 4.79 Å². The van der Waals surface area contributed by atoms with Crippen LogP contribution in [0.4, 0.5) is 11.4 Å². The molecule has 106 valence electrons. The molecular weight excluding hydrogens is 256 g/mol. The molecule has 2 N–H and O–H groups in total. The summed E-state index contributed by atoms with van der Waals surface area (Å²) in [4.78, 5) is 11.4. The van der Waals surface area contributed by atoms with Crippen molar-refractivity contribution >= 4 is 17.3 Å². The average Bonchev–Trinajstić information content (AvgIpc) is 2.84. The lowest BCUT2D eigenvalue weighted by Gasteiger charge is -2.08. The second-order valence-electron chi connectivity index (χ2n) is 4.44. The van der Waals surface area contributed by atoms with Gasteiger partial charge in [-0.25, -0.2) is 0 Å². The molecule has 0 unspecified atom stereocenters. The number of rotatable bonds is 6. The van der Waals surface area contributed by atoms with Crippen LogP contribution in [0.5, 0.6) is 0 Å². The summed E-state index contributed by atoms with van der Waals surface area (Å²) in [6, 6.07) is 9.42. The molecule has 5 heteroatoms. The number of methoxy groups -OCH3 is 1. The van der Waals surface area contributed by atoms with Gasteiger partial charge in [-0.05, 0) is 42.8 Å². The number of anilines is 2. The molecule has 1 amide bonds. The Labute approximate surface area is 117 Å². The third-order valence-electron chi connectivity index (χ3n) is 2.87. The standard InChI is InChI=1S/C15H18N2O3/c1-11-7-8-20-14(11)9-16-12-3-5-13(6-4-12)17-15(18)10-19-2/h3-8,16H,9-10H2,1-2H3,(H,17,18). The number of carbonyl (C=O) groups excluding carboxylic acids is 1. The minimum absolute atomic E-state index is 0.0533. The second-order valence-corrected chi connectivity index (χ2v) is 4.44. The Morgan fingerprint density at radius 3 is 2.50 bits per heavy atom. The first-order chi connectivity index (χ1) is 9.69. The van der Waals surface area contributed by atoms with Crippen molar-refractivity contribution in [2.24, 2.45) is 0 Å². The lowest BCUT2D eigenvalue weighted by molar-refractivity contribution is -0.119. The number of hydrogen-bond donors (Lipinski definition) is 2. The summed E-state index contributed by atoms with van der Waals surface area (Å²) in [5.74, 6) is 0.752. The monoisotopic (exact) mass is 274 g/mol. The molecule has 1 aromatic heterocycles. The maximum atomic E-state index is 11.4. The molecular formula is C15H18N2O3. The van der Waals surface area contributed by atoms with E-state index in [0.29, 0.717) is 6.54 Å². The highest BCUT2D eigenvalue weighted by molar-refractivity contribution is 5.91. The number of benzene rings is 1. The van der Waals surface area contributed by atoms with Crippen LogP contribution in [-0.2, 0) is 16.1 Å². The van der Waals surface area contributed by atoms with Crippen LogP contribution in [0, 0.1) is 6.92 Å². The fraction of sp³-hybridized carbons (Fsp3) is 0.267. The molecule has 1 heterocycles. The first-order valence-electron chi connectivity index (χ1n) is 6.34. The lowest BCUT2D eigenvalue weighted by Crippen LogP contribution is -2.16. The van der Waals surface area contributed by atoms with E-state index >= 15 is 0 Å². The Morgan fingerprint density at radius 2 is 1.90 bits per heavy atom. The van der Waals surface area contributed by atoms with Crippen LogP contribution in [0.2, 0.25) is 0 Å². The van der Waals surface area contributed by atoms with Gasteiger partial charge in [-0.2, -0.15) is 0 Å². The molecule has 0 saturated heterocycles. The molecule has 0 saturated carbocycles. The minimum atomic E-state index is -0.167. The summed E-state index contributed by atoms with van der Waals surface area (Å²) in [5.41, 5.74) is 2.83. The highest BCUT2D eigenvalue weighted by Crippen LogP contribution is 2.16. The van der Waals surface area contributed by atoms with Crippen LogP contribution in [0.3, 0.4) is 0 Å². The first kappa shape index (κ1) is 14.1. The second kappa shape index (κ2) is 6.77. The van der Waals surface area contributed by atoms with Crippen LogP contribution in [-0.4, -0.2) is 19.6 Å². The zero-order chi connectivity index (χ0) is 14.4. The molecule has 0 atom stereocenters. The number of ether oxygens (including phenoxy) is 1. The number of furan rings is 1. The van der Waals surface area contributed by atoms with Crippen molar-refractivity contribution in [3.63, 3.8) is 0 Å². The van der Waals surface area contributed by atoms with E-state index in [4.69, 9.17) is 9.15 Å². The van der Waals surface area contributed by atoms with E-state index < -0.39 is 0 Å². The van der Waals surface area contributed by atoms with E-state index in [2.05, 4.69) is 10.6 Å². The van der Waals surface area contributed by atoms with Crippen LogP contribution in [0.1, 0.15) is 11.3 Å². The van der Waals surface area contributed by atoms with Crippen molar-refractivity contribution in [2.45, 2.75) is 13.5 Å². The number of hydrogen-bond acceptors (Lipinski definition) is 4. The summed E-state index contributed by atoms with van der Waals surface area (Å²) in [6.45, 7) is 2.70. The third kappa shape index (κ3) is 3.86. The van der Waals surface area contributed by atoms with Gasteiger partial charge in [0.1, 0.15) is 12.4 Å². The van der Waals surface area contributed by atoms with Gasteiger partial charge in [0.25, 0.3) is 0 Å². The molecule has 0 fully saturated rings. The van der Waals surface area contributed by atoms with E-state index in [1.807, 2.05) is 37.3 Å². The molecule has 0 aliphatic carbocycles. The number of aryl methyl sites for hydroxylation is 1. The molecule has 2 rings (SSSR count). The molecule has 0 bridgehead atoms. The average molecular weight is 274 g/mol. The summed E-state index contributed by atoms with van der Waals surface area (Å²) in [5, 5.41) is 6.00. The first-order valence-corrected chi connectivity index (χ1v) is 6.34. The van der Waals surface area contributed by atoms with Gasteiger partial charge in [-0.1, -0.05) is 0 Å². The summed E-state index contributed by atoms with van der Waals surface area (Å²) >= 11 is 0. The van der Waals surface area contributed by atoms with Crippen LogP contribution in [0.25, 0.3) is 0 Å². The maximum Gasteiger partial charge on any atom is 0.250 e. The molecule has 20 heavy (non-hydrogen) atoms. The van der Waals surface area contributed by atoms with Gasteiger partial charge in [0.2, 0.25) is 5.91 Å². The fourth-order valence-corrected chi connectivity index (χ4v) is 1.77. The Morgan fingerprint density at radius 1 is 1.20 bits per heavy atom. The molecule has 0 aliphatic rings. The largest absolute Gasteiger partial charge is 0.467 e. The predicted molar refractivity (Wildman–Crippen MR) is 77.7 cm³/mol. The van der Waals surface area contributed by atoms with Gasteiger partial charge in [0.05, 0.1) is 12.8 Å². The Hall–Kier alpha value is -2.27. The topological polar surface area (TPSA) is 63.5 Å². The summed E-state index contributed by atoms with van der Waals surface area (Å²) < 4.78 is 10.1. The number of carbonyl (C=O) groups is 1. The van der Waals surface area contributed by atoms with E-state index in [9.17, 15) is 4.79 Å². The van der Waals surface area contributed by atoms with Crippen LogP contribution >= 0.6 is 0 Å². The lowest BCUT2D eigenvalue weighted by atomic mass is 10.2. The molecule has 0 aliphatic heterocycles. The quantitative estimate of drug-likeness (QED) is 0.850. The van der Waals surface area contributed by atoms with E-state index in [1.54, 1.807) is 6.26 Å². The van der Waals surface area contributed by atoms with Crippen molar-refractivity contribution in [2.75, 3.05) is 24.4 Å². The normalized spacial score (nSPS) is 10.3. The highest BCUT2D eigenvalue weighted by Gasteiger charge is 2.03. The zero-order valence-corrected chi connectivity index (χ0v) is 11.6. The van der Waals surface area contributed by atoms with E-state index in [1.165, 1.54) is 7.11 Å². The zero-order valence-electron chi connectivity index (χ0n) is 11.6. The summed E-state index contributed by atoms with van der Waals surface area (Å²) in [6.07, 6.45) is 1.68. The van der Waals surface area contributed by atoms with E-state index in [0.717, 1.165) is 22.7 Å². The van der Waals surface area contributed by atoms with Gasteiger partial charge in [0.15, 0.2) is 0 Å². The molecule has 0 radical (unpaired) electrons. The van der Waals surface area contributed by atoms with Crippen molar-refractivity contribution in [1.82, 2.24) is 0 Å². The van der Waals surface area contributed by atoms with E-state index in [-0.39, 0.29) is 12.5 Å². The van der Waals surface area contributed by atoms with Crippen molar-refractivity contribution in [1.29, 1.82) is 0 Å². The third-order valence-corrected chi connectivity index (χ3v) is 2.87. The number of amides is 1. The van der Waals surface area contributed by atoms with Gasteiger partial charge >= 0.3 is 0 Å². The van der Waals surface area contributed by atoms with Gasteiger partial charge in [-0.15, -0.1) is 0 Å². The molecule has 1 aromatic carbocycles. The van der Waals surface area contributed by atoms with Gasteiger partial charge in [0, 0.05) is 18.5 Å². The SMILES string of the molecule is COCC(=O)Nc1ccc(NCc2occc2C)cc1. The van der Waals surface area contributed by atoms with Crippen molar-refractivity contribution < 1.29 is 13.9 Å². The van der Waals surface area contributed by atoms with Crippen LogP contribution < -0.4 is 10.6 Å². The molecule has 2 aromatic rings. The molecule has 5 nitrogen and oxygen atoms in total. The van der Waals surface area contributed by atoms with Crippen molar-refractivity contribution in [3.8, 4) is 0 Å². The fourth-order valence-electron chi connectivity index (χ4n) is 1.77.